The van der Waals surface area contributed by atoms with Crippen molar-refractivity contribution >= 4 is 11.4 Å². The molecule has 0 spiro atoms. The predicted octanol–water partition coefficient (Wildman–Crippen LogP) is 1.82. The van der Waals surface area contributed by atoms with E-state index in [0.29, 0.717) is 19.4 Å². The zero-order chi connectivity index (χ0) is 15.6. The van der Waals surface area contributed by atoms with Gasteiger partial charge in [-0.15, -0.1) is 0 Å². The fourth-order valence-corrected chi connectivity index (χ4v) is 2.68. The lowest BCUT2D eigenvalue weighted by atomic mass is 9.98. The maximum absolute atomic E-state index is 14.1. The molecule has 8 heteroatoms. The number of rotatable bonds is 4. The predicted molar refractivity (Wildman–Crippen MR) is 73.2 cm³/mol. The van der Waals surface area contributed by atoms with Gasteiger partial charge in [0.25, 0.3) is 5.69 Å². The van der Waals surface area contributed by atoms with Gasteiger partial charge in [-0.1, -0.05) is 0 Å². The van der Waals surface area contributed by atoms with Crippen LogP contribution in [0.2, 0.25) is 0 Å². The maximum atomic E-state index is 14.1. The van der Waals surface area contributed by atoms with Gasteiger partial charge in [-0.2, -0.15) is 0 Å². The van der Waals surface area contributed by atoms with Crippen LogP contribution in [0.3, 0.4) is 0 Å². The molecule has 6 nitrogen and oxygen atoms in total. The Morgan fingerprint density at radius 3 is 2.57 bits per heavy atom. The van der Waals surface area contributed by atoms with Crippen molar-refractivity contribution in [1.82, 2.24) is 0 Å². The van der Waals surface area contributed by atoms with Crippen LogP contribution in [0, 0.1) is 21.7 Å². The molecule has 0 aliphatic carbocycles. The van der Waals surface area contributed by atoms with Crippen molar-refractivity contribution in [2.24, 2.45) is 5.73 Å². The highest BCUT2D eigenvalue weighted by Gasteiger charge is 2.32. The summed E-state index contributed by atoms with van der Waals surface area (Å²) in [4.78, 5) is 11.3. The lowest BCUT2D eigenvalue weighted by molar-refractivity contribution is -0.385. The van der Waals surface area contributed by atoms with Crippen LogP contribution >= 0.6 is 0 Å². The van der Waals surface area contributed by atoms with Crippen LogP contribution in [0.25, 0.3) is 0 Å². The number of methoxy groups -OCH3 is 1. The molecule has 0 saturated carbocycles. The second kappa shape index (κ2) is 6.31. The van der Waals surface area contributed by atoms with Crippen LogP contribution < -0.4 is 10.6 Å². The number of nitrogens with zero attached hydrogens (tertiary/aromatic N) is 2. The molecule has 1 aromatic rings. The van der Waals surface area contributed by atoms with Crippen LogP contribution in [0.15, 0.2) is 12.1 Å². The van der Waals surface area contributed by atoms with Crippen molar-refractivity contribution in [3.05, 3.63) is 33.9 Å². The molecule has 0 amide bonds. The van der Waals surface area contributed by atoms with Crippen molar-refractivity contribution in [2.45, 2.75) is 25.0 Å². The topological polar surface area (TPSA) is 81.6 Å². The van der Waals surface area contributed by atoms with Crippen LogP contribution in [0.1, 0.15) is 12.8 Å². The zero-order valence-corrected chi connectivity index (χ0v) is 11.6. The Morgan fingerprint density at radius 1 is 1.48 bits per heavy atom. The third-order valence-corrected chi connectivity index (χ3v) is 3.77. The van der Waals surface area contributed by atoms with Gasteiger partial charge in [0.15, 0.2) is 11.6 Å². The molecule has 0 radical (unpaired) electrons. The van der Waals surface area contributed by atoms with Crippen molar-refractivity contribution in [1.29, 1.82) is 0 Å². The standard InChI is InChI=1S/C13H17F2N3O3/c1-21-10-2-3-17(9(4-10)7-16)13-11(14)5-8(18(19)20)6-12(13)15/h5-6,9-10H,2-4,7,16H2,1H3. The van der Waals surface area contributed by atoms with E-state index in [1.165, 1.54) is 4.90 Å². The monoisotopic (exact) mass is 301 g/mol. The maximum Gasteiger partial charge on any atom is 0.275 e. The van der Waals surface area contributed by atoms with E-state index in [9.17, 15) is 18.9 Å². The first kappa shape index (κ1) is 15.6. The first-order chi connectivity index (χ1) is 9.97. The Labute approximate surface area is 120 Å². The summed E-state index contributed by atoms with van der Waals surface area (Å²) < 4.78 is 33.4. The molecule has 21 heavy (non-hydrogen) atoms. The minimum atomic E-state index is -0.948. The number of hydrogen-bond donors (Lipinski definition) is 1. The van der Waals surface area contributed by atoms with E-state index in [-0.39, 0.29) is 24.4 Å². The highest BCUT2D eigenvalue weighted by molar-refractivity contribution is 5.55. The third-order valence-electron chi connectivity index (χ3n) is 3.77. The van der Waals surface area contributed by atoms with Gasteiger partial charge in [0.1, 0.15) is 5.69 Å². The van der Waals surface area contributed by atoms with Crippen LogP contribution in [0.5, 0.6) is 0 Å². The molecule has 2 rings (SSSR count). The van der Waals surface area contributed by atoms with Gasteiger partial charge < -0.3 is 15.4 Å². The lowest BCUT2D eigenvalue weighted by Gasteiger charge is -2.40. The third kappa shape index (κ3) is 3.11. The molecule has 1 fully saturated rings. The molecular formula is C13H17F2N3O3. The van der Waals surface area contributed by atoms with Gasteiger partial charge in [0, 0.05) is 26.2 Å². The Bertz CT molecular complexity index is 518. The van der Waals surface area contributed by atoms with Crippen molar-refractivity contribution in [3.8, 4) is 0 Å². The Balaban J connectivity index is 2.35. The number of nitro groups is 1. The Hall–Kier alpha value is -1.80. The molecule has 2 unspecified atom stereocenters. The SMILES string of the molecule is COC1CCN(c2c(F)cc([N+](=O)[O-])cc2F)C(CN)C1. The molecule has 2 N–H and O–H groups in total. The Kier molecular flexibility index (Phi) is 4.69. The fraction of sp³-hybridized carbons (Fsp3) is 0.538. The van der Waals surface area contributed by atoms with Gasteiger partial charge in [0.05, 0.1) is 23.2 Å². The molecule has 1 aliphatic heterocycles. The number of nitro benzene ring substituents is 1. The van der Waals surface area contributed by atoms with Crippen molar-refractivity contribution < 1.29 is 18.4 Å². The van der Waals surface area contributed by atoms with Crippen LogP contribution in [-0.4, -0.2) is 37.3 Å². The minimum absolute atomic E-state index is 0.000953. The first-order valence-corrected chi connectivity index (χ1v) is 6.60. The van der Waals surface area contributed by atoms with E-state index in [1.54, 1.807) is 7.11 Å². The highest BCUT2D eigenvalue weighted by Crippen LogP contribution is 2.32. The normalized spacial score (nSPS) is 22.4. The summed E-state index contributed by atoms with van der Waals surface area (Å²) >= 11 is 0. The number of ether oxygens (including phenoxy) is 1. The van der Waals surface area contributed by atoms with E-state index >= 15 is 0 Å². The van der Waals surface area contributed by atoms with Crippen LogP contribution in [0.4, 0.5) is 20.2 Å². The molecule has 1 aromatic carbocycles. The average molecular weight is 301 g/mol. The number of nitrogens with two attached hydrogens (primary N) is 1. The molecule has 1 heterocycles. The van der Waals surface area contributed by atoms with Crippen LogP contribution in [-0.2, 0) is 4.74 Å². The fourth-order valence-electron chi connectivity index (χ4n) is 2.68. The number of halogens is 2. The van der Waals surface area contributed by atoms with Crippen molar-refractivity contribution in [3.63, 3.8) is 0 Å². The van der Waals surface area contributed by atoms with E-state index in [2.05, 4.69) is 0 Å². The lowest BCUT2D eigenvalue weighted by Crippen LogP contribution is -2.49. The largest absolute Gasteiger partial charge is 0.381 e. The summed E-state index contributed by atoms with van der Waals surface area (Å²) in [5.41, 5.74) is 4.81. The van der Waals surface area contributed by atoms with E-state index < -0.39 is 22.2 Å². The van der Waals surface area contributed by atoms with E-state index in [4.69, 9.17) is 10.5 Å². The molecule has 1 saturated heterocycles. The van der Waals surface area contributed by atoms with Gasteiger partial charge >= 0.3 is 0 Å². The number of benzene rings is 1. The smallest absolute Gasteiger partial charge is 0.275 e. The summed E-state index contributed by atoms with van der Waals surface area (Å²) in [6.45, 7) is 0.599. The Morgan fingerprint density at radius 2 is 2.10 bits per heavy atom. The van der Waals surface area contributed by atoms with E-state index in [0.717, 1.165) is 12.1 Å². The van der Waals surface area contributed by atoms with Gasteiger partial charge in [-0.05, 0) is 12.8 Å². The summed E-state index contributed by atoms with van der Waals surface area (Å²) in [6, 6.07) is 1.19. The number of anilines is 1. The van der Waals surface area contributed by atoms with E-state index in [1.807, 2.05) is 0 Å². The van der Waals surface area contributed by atoms with Gasteiger partial charge in [-0.3, -0.25) is 10.1 Å². The number of piperidine rings is 1. The summed E-state index contributed by atoms with van der Waals surface area (Å²) in [7, 11) is 1.58. The first-order valence-electron chi connectivity index (χ1n) is 6.60. The van der Waals surface area contributed by atoms with Gasteiger partial charge in [0.2, 0.25) is 0 Å². The highest BCUT2D eigenvalue weighted by atomic mass is 19.1. The number of hydrogen-bond acceptors (Lipinski definition) is 5. The molecule has 0 bridgehead atoms. The molecule has 0 aromatic heterocycles. The summed E-state index contributed by atoms with van der Waals surface area (Å²) in [5, 5.41) is 10.6. The number of non-ortho nitro benzene ring substituents is 1. The summed E-state index contributed by atoms with van der Waals surface area (Å²) in [6.07, 6.45) is 1.17. The molecular weight excluding hydrogens is 284 g/mol. The minimum Gasteiger partial charge on any atom is -0.381 e. The second-order valence-corrected chi connectivity index (χ2v) is 4.98. The second-order valence-electron chi connectivity index (χ2n) is 4.98. The quantitative estimate of drug-likeness (QED) is 0.677. The molecule has 116 valence electrons. The molecule has 1 aliphatic rings. The van der Waals surface area contributed by atoms with Gasteiger partial charge in [-0.25, -0.2) is 8.78 Å². The average Bonchev–Trinajstić information content (AvgIpc) is 2.46. The van der Waals surface area contributed by atoms with Crippen molar-refractivity contribution in [2.75, 3.05) is 25.1 Å². The zero-order valence-electron chi connectivity index (χ0n) is 11.6. The molecule has 2 atom stereocenters. The summed E-state index contributed by atoms with van der Waals surface area (Å²) in [5.74, 6) is -1.90.